The fourth-order valence-corrected chi connectivity index (χ4v) is 1.95. The minimum absolute atomic E-state index is 0.0588. The molecule has 0 aliphatic carbocycles. The summed E-state index contributed by atoms with van der Waals surface area (Å²) in [7, 11) is 0. The highest BCUT2D eigenvalue weighted by Gasteiger charge is 2.25. The molecule has 1 aliphatic heterocycles. The van der Waals surface area contributed by atoms with E-state index >= 15 is 0 Å². The standard InChI is InChI=1S/C12H12FN3O4/c13-8-4-3-7(6-10(8)16(19)20)11(17)15-9-2-1-5-14-12(9)18/h3-4,6,9H,1-2,5H2,(H,14,18)(H,15,17). The van der Waals surface area contributed by atoms with E-state index in [1.54, 1.807) is 0 Å². The second-order valence-corrected chi connectivity index (χ2v) is 4.38. The average molecular weight is 281 g/mol. The van der Waals surface area contributed by atoms with Gasteiger partial charge in [-0.05, 0) is 25.0 Å². The summed E-state index contributed by atoms with van der Waals surface area (Å²) in [6, 6.07) is 2.18. The average Bonchev–Trinajstić information content (AvgIpc) is 2.41. The summed E-state index contributed by atoms with van der Waals surface area (Å²) < 4.78 is 13.2. The summed E-state index contributed by atoms with van der Waals surface area (Å²) in [6.07, 6.45) is 1.24. The van der Waals surface area contributed by atoms with E-state index in [2.05, 4.69) is 10.6 Å². The number of amides is 2. The van der Waals surface area contributed by atoms with Crippen molar-refractivity contribution in [3.8, 4) is 0 Å². The van der Waals surface area contributed by atoms with Crippen molar-refractivity contribution in [3.05, 3.63) is 39.7 Å². The molecule has 1 aliphatic rings. The van der Waals surface area contributed by atoms with Gasteiger partial charge in [0, 0.05) is 18.2 Å². The van der Waals surface area contributed by atoms with Crippen LogP contribution in [0.5, 0.6) is 0 Å². The quantitative estimate of drug-likeness (QED) is 0.630. The van der Waals surface area contributed by atoms with Gasteiger partial charge in [0.1, 0.15) is 6.04 Å². The monoisotopic (exact) mass is 281 g/mol. The van der Waals surface area contributed by atoms with Gasteiger partial charge < -0.3 is 10.6 Å². The van der Waals surface area contributed by atoms with Gasteiger partial charge in [0.15, 0.2) is 0 Å². The lowest BCUT2D eigenvalue weighted by Gasteiger charge is -2.22. The Morgan fingerprint density at radius 2 is 2.25 bits per heavy atom. The third-order valence-electron chi connectivity index (χ3n) is 3.00. The summed E-state index contributed by atoms with van der Waals surface area (Å²) in [5.74, 6) is -1.95. The summed E-state index contributed by atoms with van der Waals surface area (Å²) in [4.78, 5) is 33.1. The first-order valence-corrected chi connectivity index (χ1v) is 6.01. The number of carbonyl (C=O) groups excluding carboxylic acids is 2. The molecule has 1 aromatic rings. The van der Waals surface area contributed by atoms with E-state index in [9.17, 15) is 24.1 Å². The molecule has 106 valence electrons. The molecule has 1 unspecified atom stereocenters. The number of nitrogens with zero attached hydrogens (tertiary/aromatic N) is 1. The molecule has 0 radical (unpaired) electrons. The van der Waals surface area contributed by atoms with E-state index in [4.69, 9.17) is 0 Å². The van der Waals surface area contributed by atoms with Crippen LogP contribution in [0.3, 0.4) is 0 Å². The number of hydrogen-bond donors (Lipinski definition) is 2. The molecule has 1 aromatic carbocycles. The Balaban J connectivity index is 2.15. The molecule has 0 saturated carbocycles. The summed E-state index contributed by atoms with van der Waals surface area (Å²) in [5.41, 5.74) is -0.831. The number of halogens is 1. The predicted octanol–water partition coefficient (Wildman–Crippen LogP) is 0.742. The topological polar surface area (TPSA) is 101 Å². The second kappa shape index (κ2) is 5.64. The highest BCUT2D eigenvalue weighted by Crippen LogP contribution is 2.18. The summed E-state index contributed by atoms with van der Waals surface area (Å²) in [6.45, 7) is 0.563. The third-order valence-corrected chi connectivity index (χ3v) is 3.00. The zero-order valence-electron chi connectivity index (χ0n) is 10.4. The van der Waals surface area contributed by atoms with Crippen LogP contribution in [0.4, 0.5) is 10.1 Å². The highest BCUT2D eigenvalue weighted by atomic mass is 19.1. The molecule has 2 rings (SSSR count). The summed E-state index contributed by atoms with van der Waals surface area (Å²) in [5, 5.41) is 15.7. The lowest BCUT2D eigenvalue weighted by molar-refractivity contribution is -0.387. The normalized spacial score (nSPS) is 18.2. The Bertz CT molecular complexity index is 576. The lowest BCUT2D eigenvalue weighted by atomic mass is 10.1. The number of rotatable bonds is 3. The van der Waals surface area contributed by atoms with Gasteiger partial charge in [0.2, 0.25) is 11.7 Å². The molecule has 1 heterocycles. The van der Waals surface area contributed by atoms with Gasteiger partial charge in [-0.15, -0.1) is 0 Å². The van der Waals surface area contributed by atoms with E-state index in [0.717, 1.165) is 24.6 Å². The van der Waals surface area contributed by atoms with Gasteiger partial charge in [-0.2, -0.15) is 4.39 Å². The minimum Gasteiger partial charge on any atom is -0.354 e. The zero-order chi connectivity index (χ0) is 14.7. The number of hydrogen-bond acceptors (Lipinski definition) is 4. The molecule has 2 amide bonds. The Morgan fingerprint density at radius 3 is 2.90 bits per heavy atom. The molecule has 1 fully saturated rings. The van der Waals surface area contributed by atoms with Crippen LogP contribution in [-0.2, 0) is 4.79 Å². The molecule has 8 heteroatoms. The molecule has 2 N–H and O–H groups in total. The maximum Gasteiger partial charge on any atom is 0.305 e. The molecular weight excluding hydrogens is 269 g/mol. The first-order valence-electron chi connectivity index (χ1n) is 6.01. The molecule has 7 nitrogen and oxygen atoms in total. The fourth-order valence-electron chi connectivity index (χ4n) is 1.95. The molecule has 1 atom stereocenters. The van der Waals surface area contributed by atoms with E-state index < -0.39 is 28.4 Å². The lowest BCUT2D eigenvalue weighted by Crippen LogP contribution is -2.50. The predicted molar refractivity (Wildman–Crippen MR) is 66.6 cm³/mol. The van der Waals surface area contributed by atoms with Gasteiger partial charge in [-0.25, -0.2) is 0 Å². The SMILES string of the molecule is O=C(NC1CCCNC1=O)c1ccc(F)c([N+](=O)[O-])c1. The van der Waals surface area contributed by atoms with Gasteiger partial charge in [-0.1, -0.05) is 0 Å². The van der Waals surface area contributed by atoms with Crippen LogP contribution in [-0.4, -0.2) is 29.3 Å². The van der Waals surface area contributed by atoms with Crippen LogP contribution in [0.25, 0.3) is 0 Å². The Morgan fingerprint density at radius 1 is 1.50 bits per heavy atom. The maximum absolute atomic E-state index is 13.2. The smallest absolute Gasteiger partial charge is 0.305 e. The van der Waals surface area contributed by atoms with Crippen molar-refractivity contribution in [2.24, 2.45) is 0 Å². The van der Waals surface area contributed by atoms with Crippen LogP contribution >= 0.6 is 0 Å². The van der Waals surface area contributed by atoms with Crippen molar-refractivity contribution in [2.75, 3.05) is 6.54 Å². The number of benzene rings is 1. The van der Waals surface area contributed by atoms with Crippen molar-refractivity contribution in [1.82, 2.24) is 10.6 Å². The molecule has 1 saturated heterocycles. The first-order chi connectivity index (χ1) is 9.49. The number of piperidine rings is 1. The van der Waals surface area contributed by atoms with E-state index in [-0.39, 0.29) is 11.5 Å². The van der Waals surface area contributed by atoms with Crippen molar-refractivity contribution >= 4 is 17.5 Å². The zero-order valence-corrected chi connectivity index (χ0v) is 10.4. The van der Waals surface area contributed by atoms with Crippen LogP contribution in [0.15, 0.2) is 18.2 Å². The van der Waals surface area contributed by atoms with Crippen molar-refractivity contribution in [2.45, 2.75) is 18.9 Å². The fraction of sp³-hybridized carbons (Fsp3) is 0.333. The Labute approximate surface area is 113 Å². The maximum atomic E-state index is 13.2. The van der Waals surface area contributed by atoms with Gasteiger partial charge >= 0.3 is 5.69 Å². The third kappa shape index (κ3) is 2.90. The van der Waals surface area contributed by atoms with Crippen LogP contribution in [0.2, 0.25) is 0 Å². The Kier molecular flexibility index (Phi) is 3.92. The molecule has 0 aromatic heterocycles. The summed E-state index contributed by atoms with van der Waals surface area (Å²) >= 11 is 0. The first kappa shape index (κ1) is 13.9. The van der Waals surface area contributed by atoms with Gasteiger partial charge in [0.05, 0.1) is 4.92 Å². The van der Waals surface area contributed by atoms with Crippen molar-refractivity contribution in [3.63, 3.8) is 0 Å². The molecule has 0 spiro atoms. The van der Waals surface area contributed by atoms with E-state index in [1.807, 2.05) is 0 Å². The number of carbonyl (C=O) groups is 2. The second-order valence-electron chi connectivity index (χ2n) is 4.38. The van der Waals surface area contributed by atoms with E-state index in [1.165, 1.54) is 0 Å². The number of nitro groups is 1. The largest absolute Gasteiger partial charge is 0.354 e. The van der Waals surface area contributed by atoms with Crippen LogP contribution < -0.4 is 10.6 Å². The minimum atomic E-state index is -1.01. The van der Waals surface area contributed by atoms with Gasteiger partial charge in [-0.3, -0.25) is 19.7 Å². The van der Waals surface area contributed by atoms with Gasteiger partial charge in [0.25, 0.3) is 5.91 Å². The molecule has 20 heavy (non-hydrogen) atoms. The highest BCUT2D eigenvalue weighted by molar-refractivity contribution is 5.98. The van der Waals surface area contributed by atoms with Crippen LogP contribution in [0, 0.1) is 15.9 Å². The molecule has 0 bridgehead atoms. The molecular formula is C12H12FN3O4. The number of nitrogens with one attached hydrogen (secondary N) is 2. The van der Waals surface area contributed by atoms with Crippen molar-refractivity contribution < 1.29 is 18.9 Å². The number of nitro benzene ring substituents is 1. The Hall–Kier alpha value is -2.51. The van der Waals surface area contributed by atoms with Crippen molar-refractivity contribution in [1.29, 1.82) is 0 Å². The van der Waals surface area contributed by atoms with E-state index in [0.29, 0.717) is 13.0 Å². The van der Waals surface area contributed by atoms with Crippen LogP contribution in [0.1, 0.15) is 23.2 Å².